The van der Waals surface area contributed by atoms with Crippen molar-refractivity contribution >= 4 is 23.4 Å². The lowest BCUT2D eigenvalue weighted by molar-refractivity contribution is 0.196. The maximum Gasteiger partial charge on any atom is 0.137 e. The minimum absolute atomic E-state index is 0.231. The summed E-state index contributed by atoms with van der Waals surface area (Å²) in [6.45, 7) is 4.41. The first-order valence-electron chi connectivity index (χ1n) is 5.28. The van der Waals surface area contributed by atoms with Crippen LogP contribution in [0.4, 0.5) is 0 Å². The van der Waals surface area contributed by atoms with Crippen molar-refractivity contribution < 1.29 is 9.84 Å². The van der Waals surface area contributed by atoms with E-state index in [2.05, 4.69) is 0 Å². The van der Waals surface area contributed by atoms with E-state index in [1.54, 1.807) is 18.7 Å². The second kappa shape index (κ2) is 7.05. The SMILES string of the molecule is CC(O)C(C)SCCOc1ccccc1Cl. The molecule has 0 bridgehead atoms. The molecule has 0 spiro atoms. The molecule has 0 aliphatic heterocycles. The van der Waals surface area contributed by atoms with E-state index in [1.165, 1.54) is 0 Å². The molecule has 1 rings (SSSR count). The maximum atomic E-state index is 9.30. The topological polar surface area (TPSA) is 29.5 Å². The van der Waals surface area contributed by atoms with Crippen molar-refractivity contribution in [2.45, 2.75) is 25.2 Å². The van der Waals surface area contributed by atoms with Crippen LogP contribution in [0.3, 0.4) is 0 Å². The Bertz CT molecular complexity index is 318. The molecule has 90 valence electrons. The summed E-state index contributed by atoms with van der Waals surface area (Å²) in [7, 11) is 0. The second-order valence-electron chi connectivity index (χ2n) is 3.60. The van der Waals surface area contributed by atoms with Gasteiger partial charge < -0.3 is 9.84 Å². The van der Waals surface area contributed by atoms with Crippen molar-refractivity contribution in [1.82, 2.24) is 0 Å². The standard InChI is InChI=1S/C12H17ClO2S/c1-9(14)10(2)16-8-7-15-12-6-4-3-5-11(12)13/h3-6,9-10,14H,7-8H2,1-2H3. The minimum Gasteiger partial charge on any atom is -0.491 e. The number of aliphatic hydroxyl groups is 1. The fraction of sp³-hybridized carbons (Fsp3) is 0.500. The first-order chi connectivity index (χ1) is 7.61. The number of ether oxygens (including phenoxy) is 1. The average molecular weight is 261 g/mol. The first kappa shape index (κ1) is 13.7. The van der Waals surface area contributed by atoms with Crippen LogP contribution in [0.15, 0.2) is 24.3 Å². The molecule has 0 saturated heterocycles. The first-order valence-corrected chi connectivity index (χ1v) is 6.71. The van der Waals surface area contributed by atoms with Gasteiger partial charge in [-0.05, 0) is 19.1 Å². The summed E-state index contributed by atoms with van der Waals surface area (Å²) >= 11 is 7.64. The van der Waals surface area contributed by atoms with Crippen LogP contribution >= 0.6 is 23.4 Å². The highest BCUT2D eigenvalue weighted by Crippen LogP contribution is 2.23. The van der Waals surface area contributed by atoms with Crippen LogP contribution < -0.4 is 4.74 Å². The number of hydrogen-bond acceptors (Lipinski definition) is 3. The van der Waals surface area contributed by atoms with Crippen LogP contribution in [0.5, 0.6) is 5.75 Å². The van der Waals surface area contributed by atoms with E-state index in [9.17, 15) is 5.11 Å². The van der Waals surface area contributed by atoms with Gasteiger partial charge in [-0.1, -0.05) is 30.7 Å². The Morgan fingerprint density at radius 2 is 2.06 bits per heavy atom. The number of hydrogen-bond donors (Lipinski definition) is 1. The van der Waals surface area contributed by atoms with Crippen LogP contribution in [0, 0.1) is 0 Å². The third-order valence-electron chi connectivity index (χ3n) is 2.24. The molecule has 0 saturated carbocycles. The van der Waals surface area contributed by atoms with Crippen molar-refractivity contribution in [3.8, 4) is 5.75 Å². The van der Waals surface area contributed by atoms with Crippen molar-refractivity contribution in [2.24, 2.45) is 0 Å². The lowest BCUT2D eigenvalue weighted by Gasteiger charge is -2.14. The van der Waals surface area contributed by atoms with E-state index in [0.717, 1.165) is 11.5 Å². The molecule has 0 fully saturated rings. The highest BCUT2D eigenvalue weighted by atomic mass is 35.5. The van der Waals surface area contributed by atoms with Crippen molar-refractivity contribution in [1.29, 1.82) is 0 Å². The summed E-state index contributed by atoms with van der Waals surface area (Å²) in [5, 5.41) is 10.2. The molecule has 0 radical (unpaired) electrons. The third kappa shape index (κ3) is 4.64. The van der Waals surface area contributed by atoms with Gasteiger partial charge in [-0.25, -0.2) is 0 Å². The Morgan fingerprint density at radius 1 is 1.38 bits per heavy atom. The molecule has 1 N–H and O–H groups in total. The number of benzene rings is 1. The lowest BCUT2D eigenvalue weighted by Crippen LogP contribution is -2.17. The third-order valence-corrected chi connectivity index (χ3v) is 3.87. The Labute approximate surface area is 106 Å². The van der Waals surface area contributed by atoms with Crippen LogP contribution in [-0.2, 0) is 0 Å². The smallest absolute Gasteiger partial charge is 0.137 e. The van der Waals surface area contributed by atoms with E-state index >= 15 is 0 Å². The summed E-state index contributed by atoms with van der Waals surface area (Å²) < 4.78 is 5.53. The molecular formula is C12H17ClO2S. The minimum atomic E-state index is -0.287. The summed E-state index contributed by atoms with van der Waals surface area (Å²) in [5.74, 6) is 1.56. The number of halogens is 1. The largest absolute Gasteiger partial charge is 0.491 e. The van der Waals surface area contributed by atoms with Crippen LogP contribution in [0.2, 0.25) is 5.02 Å². The molecule has 0 amide bonds. The van der Waals surface area contributed by atoms with E-state index in [4.69, 9.17) is 16.3 Å². The van der Waals surface area contributed by atoms with Crippen LogP contribution in [-0.4, -0.2) is 28.8 Å². The van der Waals surface area contributed by atoms with E-state index < -0.39 is 0 Å². The Morgan fingerprint density at radius 3 is 2.69 bits per heavy atom. The van der Waals surface area contributed by atoms with Crippen LogP contribution in [0.25, 0.3) is 0 Å². The normalized spacial score (nSPS) is 14.5. The zero-order valence-electron chi connectivity index (χ0n) is 9.52. The van der Waals surface area contributed by atoms with Gasteiger partial charge in [-0.3, -0.25) is 0 Å². The Kier molecular flexibility index (Phi) is 6.03. The summed E-state index contributed by atoms with van der Waals surface area (Å²) in [4.78, 5) is 0. The van der Waals surface area contributed by atoms with Crippen molar-refractivity contribution in [3.63, 3.8) is 0 Å². The average Bonchev–Trinajstić information content (AvgIpc) is 2.26. The van der Waals surface area contributed by atoms with E-state index in [0.29, 0.717) is 11.6 Å². The van der Waals surface area contributed by atoms with Crippen LogP contribution in [0.1, 0.15) is 13.8 Å². The quantitative estimate of drug-likeness (QED) is 0.797. The number of aliphatic hydroxyl groups excluding tert-OH is 1. The van der Waals surface area contributed by atoms with Gasteiger partial charge in [0, 0.05) is 11.0 Å². The van der Waals surface area contributed by atoms with E-state index in [1.807, 2.05) is 31.2 Å². The monoisotopic (exact) mass is 260 g/mol. The summed E-state index contributed by atoms with van der Waals surface area (Å²) in [5.41, 5.74) is 0. The van der Waals surface area contributed by atoms with E-state index in [-0.39, 0.29) is 11.4 Å². The fourth-order valence-corrected chi connectivity index (χ4v) is 2.11. The molecule has 2 nitrogen and oxygen atoms in total. The van der Waals surface area contributed by atoms with Gasteiger partial charge in [0.1, 0.15) is 5.75 Å². The molecule has 2 atom stereocenters. The molecule has 0 aliphatic rings. The zero-order chi connectivity index (χ0) is 12.0. The van der Waals surface area contributed by atoms with Crippen molar-refractivity contribution in [3.05, 3.63) is 29.3 Å². The number of para-hydroxylation sites is 1. The predicted molar refractivity (Wildman–Crippen MR) is 70.5 cm³/mol. The maximum absolute atomic E-state index is 9.30. The second-order valence-corrected chi connectivity index (χ2v) is 5.49. The predicted octanol–water partition coefficient (Wildman–Crippen LogP) is 3.22. The molecule has 1 aromatic carbocycles. The number of rotatable bonds is 6. The van der Waals surface area contributed by atoms with Gasteiger partial charge in [-0.15, -0.1) is 0 Å². The molecule has 0 aromatic heterocycles. The Hall–Kier alpha value is -0.380. The molecule has 0 heterocycles. The molecule has 16 heavy (non-hydrogen) atoms. The molecule has 0 aliphatic carbocycles. The Balaban J connectivity index is 2.24. The molecule has 4 heteroatoms. The number of thioether (sulfide) groups is 1. The molecule has 1 aromatic rings. The van der Waals surface area contributed by atoms with Gasteiger partial charge in [0.2, 0.25) is 0 Å². The molecule has 2 unspecified atom stereocenters. The summed E-state index contributed by atoms with van der Waals surface area (Å²) in [6.07, 6.45) is -0.287. The fourth-order valence-electron chi connectivity index (χ4n) is 1.09. The van der Waals surface area contributed by atoms with Gasteiger partial charge in [0.25, 0.3) is 0 Å². The van der Waals surface area contributed by atoms with Gasteiger partial charge >= 0.3 is 0 Å². The van der Waals surface area contributed by atoms with Gasteiger partial charge in [0.15, 0.2) is 0 Å². The van der Waals surface area contributed by atoms with Gasteiger partial charge in [0.05, 0.1) is 17.7 Å². The highest BCUT2D eigenvalue weighted by Gasteiger charge is 2.08. The lowest BCUT2D eigenvalue weighted by atomic mass is 10.3. The highest BCUT2D eigenvalue weighted by molar-refractivity contribution is 7.99. The molecular weight excluding hydrogens is 244 g/mol. The zero-order valence-corrected chi connectivity index (χ0v) is 11.1. The van der Waals surface area contributed by atoms with Crippen molar-refractivity contribution in [2.75, 3.05) is 12.4 Å². The summed E-state index contributed by atoms with van der Waals surface area (Å²) in [6, 6.07) is 7.43. The van der Waals surface area contributed by atoms with Gasteiger partial charge in [-0.2, -0.15) is 11.8 Å².